The normalized spacial score (nSPS) is 10.7. The Morgan fingerprint density at radius 2 is 1.75 bits per heavy atom. The van der Waals surface area contributed by atoms with E-state index < -0.39 is 0 Å². The molecule has 0 radical (unpaired) electrons. The van der Waals surface area contributed by atoms with Crippen LogP contribution < -0.4 is 4.74 Å². The van der Waals surface area contributed by atoms with Crippen molar-refractivity contribution in [3.05, 3.63) is 65.6 Å². The van der Waals surface area contributed by atoms with Crippen molar-refractivity contribution in [3.8, 4) is 5.75 Å². The predicted molar refractivity (Wildman–Crippen MR) is 77.4 cm³/mol. The first-order valence-electron chi connectivity index (χ1n) is 6.35. The fraction of sp³-hybridized carbons (Fsp3) is 0.118. The van der Waals surface area contributed by atoms with Crippen LogP contribution in [0.5, 0.6) is 5.75 Å². The largest absolute Gasteiger partial charge is 0.497 e. The lowest BCUT2D eigenvalue weighted by molar-refractivity contribution is 0.103. The molecule has 3 nitrogen and oxygen atoms in total. The van der Waals surface area contributed by atoms with E-state index in [1.54, 1.807) is 13.2 Å². The molecule has 100 valence electrons. The summed E-state index contributed by atoms with van der Waals surface area (Å²) in [5.41, 5.74) is 1.24. The highest BCUT2D eigenvalue weighted by Gasteiger charge is 2.12. The highest BCUT2D eigenvalue weighted by atomic mass is 16.5. The van der Waals surface area contributed by atoms with Crippen molar-refractivity contribution in [2.75, 3.05) is 7.11 Å². The summed E-state index contributed by atoms with van der Waals surface area (Å²) in [6.07, 6.45) is 1.50. The lowest BCUT2D eigenvalue weighted by Crippen LogP contribution is -1.99. The van der Waals surface area contributed by atoms with Gasteiger partial charge in [-0.05, 0) is 42.0 Å². The zero-order valence-electron chi connectivity index (χ0n) is 11.3. The summed E-state index contributed by atoms with van der Waals surface area (Å²) in [5, 5.41) is 2.06. The van der Waals surface area contributed by atoms with Crippen LogP contribution in [0.2, 0.25) is 0 Å². The molecule has 0 fully saturated rings. The molecule has 0 saturated carbocycles. The van der Waals surface area contributed by atoms with Crippen LogP contribution in [0.1, 0.15) is 21.7 Å². The Bertz CT molecular complexity index is 784. The van der Waals surface area contributed by atoms with Crippen molar-refractivity contribution in [1.29, 1.82) is 0 Å². The Hall–Kier alpha value is -2.55. The van der Waals surface area contributed by atoms with Gasteiger partial charge in [0, 0.05) is 5.56 Å². The van der Waals surface area contributed by atoms with E-state index in [-0.39, 0.29) is 5.78 Å². The quantitative estimate of drug-likeness (QED) is 0.673. The van der Waals surface area contributed by atoms with Crippen molar-refractivity contribution in [3.63, 3.8) is 0 Å². The van der Waals surface area contributed by atoms with E-state index in [2.05, 4.69) is 0 Å². The van der Waals surface area contributed by atoms with Crippen LogP contribution in [0.4, 0.5) is 0 Å². The second-order valence-electron chi connectivity index (χ2n) is 4.70. The maximum Gasteiger partial charge on any atom is 0.196 e. The third kappa shape index (κ3) is 2.18. The number of aryl methyl sites for hydroxylation is 1. The molecule has 2 aromatic carbocycles. The fourth-order valence-corrected chi connectivity index (χ4v) is 2.22. The van der Waals surface area contributed by atoms with Crippen LogP contribution in [0.3, 0.4) is 0 Å². The van der Waals surface area contributed by atoms with Gasteiger partial charge in [-0.2, -0.15) is 0 Å². The Morgan fingerprint density at radius 3 is 2.45 bits per heavy atom. The first-order valence-corrected chi connectivity index (χ1v) is 6.35. The first kappa shape index (κ1) is 12.5. The third-order valence-electron chi connectivity index (χ3n) is 3.30. The molecule has 0 spiro atoms. The predicted octanol–water partition coefficient (Wildman–Crippen LogP) is 3.98. The summed E-state index contributed by atoms with van der Waals surface area (Å²) in [6, 6.07) is 13.2. The van der Waals surface area contributed by atoms with Gasteiger partial charge in [0.2, 0.25) is 0 Å². The molecular formula is C17H14O3. The van der Waals surface area contributed by atoms with Gasteiger partial charge >= 0.3 is 0 Å². The van der Waals surface area contributed by atoms with Crippen LogP contribution in [-0.2, 0) is 0 Å². The minimum Gasteiger partial charge on any atom is -0.497 e. The molecule has 0 saturated heterocycles. The third-order valence-corrected chi connectivity index (χ3v) is 3.30. The Labute approximate surface area is 116 Å². The molecule has 0 amide bonds. The first-order chi connectivity index (χ1) is 9.67. The van der Waals surface area contributed by atoms with Crippen LogP contribution in [0.25, 0.3) is 10.8 Å². The number of carbonyl (C=O) groups is 1. The average molecular weight is 266 g/mol. The molecule has 0 bridgehead atoms. The number of ketones is 1. The second-order valence-corrected chi connectivity index (χ2v) is 4.70. The SMILES string of the molecule is COc1ccc2cc(C(=O)c3coc(C)c3)ccc2c1. The van der Waals surface area contributed by atoms with E-state index >= 15 is 0 Å². The van der Waals surface area contributed by atoms with Crippen LogP contribution in [-0.4, -0.2) is 12.9 Å². The summed E-state index contributed by atoms with van der Waals surface area (Å²) in [7, 11) is 1.64. The van der Waals surface area contributed by atoms with Gasteiger partial charge in [0.1, 0.15) is 17.8 Å². The van der Waals surface area contributed by atoms with Gasteiger partial charge in [-0.1, -0.05) is 18.2 Å². The molecule has 3 heteroatoms. The molecule has 0 unspecified atom stereocenters. The molecule has 0 aliphatic carbocycles. The summed E-state index contributed by atoms with van der Waals surface area (Å²) in [6.45, 7) is 1.82. The number of benzene rings is 2. The van der Waals surface area contributed by atoms with Crippen molar-refractivity contribution in [1.82, 2.24) is 0 Å². The number of rotatable bonds is 3. The number of hydrogen-bond donors (Lipinski definition) is 0. The average Bonchev–Trinajstić information content (AvgIpc) is 2.92. The highest BCUT2D eigenvalue weighted by Crippen LogP contribution is 2.23. The number of ether oxygens (including phenoxy) is 1. The van der Waals surface area contributed by atoms with Crippen molar-refractivity contribution < 1.29 is 13.9 Å². The molecule has 1 heterocycles. The van der Waals surface area contributed by atoms with E-state index in [0.717, 1.165) is 22.3 Å². The summed E-state index contributed by atoms with van der Waals surface area (Å²) >= 11 is 0. The molecule has 1 aromatic heterocycles. The van der Waals surface area contributed by atoms with Gasteiger partial charge < -0.3 is 9.15 Å². The van der Waals surface area contributed by atoms with E-state index in [1.807, 2.05) is 43.3 Å². The van der Waals surface area contributed by atoms with E-state index in [1.165, 1.54) is 6.26 Å². The molecule has 3 rings (SSSR count). The van der Waals surface area contributed by atoms with Crippen LogP contribution in [0, 0.1) is 6.92 Å². The monoisotopic (exact) mass is 266 g/mol. The van der Waals surface area contributed by atoms with Gasteiger partial charge in [0.05, 0.1) is 12.7 Å². The Kier molecular flexibility index (Phi) is 3.03. The van der Waals surface area contributed by atoms with E-state index in [4.69, 9.17) is 9.15 Å². The lowest BCUT2D eigenvalue weighted by atomic mass is 10.0. The smallest absolute Gasteiger partial charge is 0.196 e. The summed E-state index contributed by atoms with van der Waals surface area (Å²) in [5.74, 6) is 1.51. The molecule has 0 aliphatic heterocycles. The van der Waals surface area contributed by atoms with Crippen molar-refractivity contribution in [2.24, 2.45) is 0 Å². The van der Waals surface area contributed by atoms with Crippen molar-refractivity contribution in [2.45, 2.75) is 6.92 Å². The number of fused-ring (bicyclic) bond motifs is 1. The van der Waals surface area contributed by atoms with E-state index in [9.17, 15) is 4.79 Å². The zero-order valence-corrected chi connectivity index (χ0v) is 11.3. The van der Waals surface area contributed by atoms with Gasteiger partial charge in [0.25, 0.3) is 0 Å². The van der Waals surface area contributed by atoms with Gasteiger partial charge in [0.15, 0.2) is 5.78 Å². The molecule has 0 N–H and O–H groups in total. The van der Waals surface area contributed by atoms with Crippen molar-refractivity contribution >= 4 is 16.6 Å². The molecule has 3 aromatic rings. The van der Waals surface area contributed by atoms with Gasteiger partial charge in [-0.15, -0.1) is 0 Å². The second kappa shape index (κ2) is 4.85. The molecule has 0 atom stereocenters. The number of carbonyl (C=O) groups excluding carboxylic acids is 1. The Balaban J connectivity index is 2.02. The molecule has 20 heavy (non-hydrogen) atoms. The lowest BCUT2D eigenvalue weighted by Gasteiger charge is -2.04. The minimum absolute atomic E-state index is 0.0282. The molecular weight excluding hydrogens is 252 g/mol. The topological polar surface area (TPSA) is 39.4 Å². The number of methoxy groups -OCH3 is 1. The maximum absolute atomic E-state index is 12.3. The fourth-order valence-electron chi connectivity index (χ4n) is 2.22. The van der Waals surface area contributed by atoms with Gasteiger partial charge in [-0.25, -0.2) is 0 Å². The zero-order chi connectivity index (χ0) is 14.1. The van der Waals surface area contributed by atoms with Gasteiger partial charge in [-0.3, -0.25) is 4.79 Å². The summed E-state index contributed by atoms with van der Waals surface area (Å²) in [4.78, 5) is 12.3. The maximum atomic E-state index is 12.3. The molecule has 0 aliphatic rings. The van der Waals surface area contributed by atoms with Crippen LogP contribution in [0.15, 0.2) is 53.1 Å². The summed E-state index contributed by atoms with van der Waals surface area (Å²) < 4.78 is 10.4. The minimum atomic E-state index is -0.0282. The van der Waals surface area contributed by atoms with Crippen LogP contribution >= 0.6 is 0 Å². The Morgan fingerprint density at radius 1 is 1.00 bits per heavy atom. The highest BCUT2D eigenvalue weighted by molar-refractivity contribution is 6.10. The standard InChI is InChI=1S/C17H14O3/c1-11-7-15(10-20-11)17(18)14-4-3-13-9-16(19-2)6-5-12(13)8-14/h3-10H,1-2H3. The number of hydrogen-bond acceptors (Lipinski definition) is 3. The van der Waals surface area contributed by atoms with E-state index in [0.29, 0.717) is 11.1 Å². The number of furan rings is 1.